The van der Waals surface area contributed by atoms with Gasteiger partial charge in [0.1, 0.15) is 11.4 Å². The fourth-order valence-electron chi connectivity index (χ4n) is 1.41. The lowest BCUT2D eigenvalue weighted by molar-refractivity contribution is -0.139. The topological polar surface area (TPSA) is 56.8 Å². The number of hydrogen-bond donors (Lipinski definition) is 1. The number of rotatable bonds is 8. The number of carbonyl (C=O) groups excluding carboxylic acids is 1. The van der Waals surface area contributed by atoms with E-state index in [1.165, 1.54) is 7.11 Å². The summed E-state index contributed by atoms with van der Waals surface area (Å²) in [6.07, 6.45) is 0. The second kappa shape index (κ2) is 8.77. The van der Waals surface area contributed by atoms with Crippen LogP contribution in [0.25, 0.3) is 0 Å². The van der Waals surface area contributed by atoms with E-state index in [0.717, 1.165) is 0 Å². The Hall–Kier alpha value is -1.27. The summed E-state index contributed by atoms with van der Waals surface area (Å²) in [4.78, 5) is 10.8. The standard InChI is InChI=1S/C13H18BrNO4/c1-17-11-5-3-4-6-12(11)19-8-7-15-9-10(14)13(16)18-2/h3-6,10,15H,7-9H2,1-2H3. The molecule has 1 aromatic rings. The average Bonchev–Trinajstić information content (AvgIpc) is 2.46. The molecule has 6 heteroatoms. The van der Waals surface area contributed by atoms with E-state index in [1.54, 1.807) is 7.11 Å². The number of hydrogen-bond acceptors (Lipinski definition) is 5. The molecule has 5 nitrogen and oxygen atoms in total. The number of methoxy groups -OCH3 is 2. The first-order valence-electron chi connectivity index (χ1n) is 5.87. The van der Waals surface area contributed by atoms with Gasteiger partial charge in [0.2, 0.25) is 0 Å². The van der Waals surface area contributed by atoms with Gasteiger partial charge in [-0.3, -0.25) is 4.79 Å². The second-order valence-electron chi connectivity index (χ2n) is 3.69. The van der Waals surface area contributed by atoms with Crippen LogP contribution >= 0.6 is 15.9 Å². The number of carbonyl (C=O) groups is 1. The zero-order chi connectivity index (χ0) is 14.1. The molecule has 0 saturated heterocycles. The molecule has 0 aliphatic rings. The lowest BCUT2D eigenvalue weighted by Crippen LogP contribution is -2.32. The molecule has 0 saturated carbocycles. The summed E-state index contributed by atoms with van der Waals surface area (Å²) in [6.45, 7) is 1.60. The lowest BCUT2D eigenvalue weighted by atomic mass is 10.3. The monoisotopic (exact) mass is 331 g/mol. The highest BCUT2D eigenvalue weighted by Gasteiger charge is 2.13. The highest BCUT2D eigenvalue weighted by molar-refractivity contribution is 9.10. The number of alkyl halides is 1. The third kappa shape index (κ3) is 5.48. The molecule has 106 valence electrons. The van der Waals surface area contributed by atoms with Gasteiger partial charge in [-0.2, -0.15) is 0 Å². The molecule has 0 bridgehead atoms. The van der Waals surface area contributed by atoms with E-state index in [1.807, 2.05) is 24.3 Å². The molecular weight excluding hydrogens is 314 g/mol. The Labute approximate surface area is 121 Å². The molecule has 0 amide bonds. The van der Waals surface area contributed by atoms with Crippen molar-refractivity contribution in [2.75, 3.05) is 33.9 Å². The zero-order valence-corrected chi connectivity index (χ0v) is 12.6. The van der Waals surface area contributed by atoms with Gasteiger partial charge < -0.3 is 19.5 Å². The van der Waals surface area contributed by atoms with E-state index in [4.69, 9.17) is 9.47 Å². The molecule has 0 aliphatic heterocycles. The van der Waals surface area contributed by atoms with Gasteiger partial charge in [0, 0.05) is 13.1 Å². The fraction of sp³-hybridized carbons (Fsp3) is 0.462. The van der Waals surface area contributed by atoms with Gasteiger partial charge >= 0.3 is 5.97 Å². The van der Waals surface area contributed by atoms with Crippen LogP contribution in [-0.2, 0) is 9.53 Å². The van der Waals surface area contributed by atoms with Crippen molar-refractivity contribution in [3.63, 3.8) is 0 Å². The van der Waals surface area contributed by atoms with Gasteiger partial charge in [-0.05, 0) is 12.1 Å². The van der Waals surface area contributed by atoms with E-state index in [2.05, 4.69) is 26.0 Å². The van der Waals surface area contributed by atoms with Crippen LogP contribution in [0, 0.1) is 0 Å². The summed E-state index contributed by atoms with van der Waals surface area (Å²) < 4.78 is 15.3. The number of esters is 1. The van der Waals surface area contributed by atoms with Crippen molar-refractivity contribution in [1.82, 2.24) is 5.32 Å². The number of ether oxygens (including phenoxy) is 3. The van der Waals surface area contributed by atoms with Crippen molar-refractivity contribution < 1.29 is 19.0 Å². The summed E-state index contributed by atoms with van der Waals surface area (Å²) in [5.74, 6) is 1.11. The third-order valence-electron chi connectivity index (χ3n) is 2.39. The molecule has 0 fully saturated rings. The second-order valence-corrected chi connectivity index (χ2v) is 4.80. The maximum Gasteiger partial charge on any atom is 0.320 e. The van der Waals surface area contributed by atoms with E-state index in [9.17, 15) is 4.79 Å². The lowest BCUT2D eigenvalue weighted by Gasteiger charge is -2.12. The van der Waals surface area contributed by atoms with Crippen LogP contribution in [0.3, 0.4) is 0 Å². The Morgan fingerprint density at radius 3 is 2.63 bits per heavy atom. The first kappa shape index (κ1) is 15.8. The van der Waals surface area contributed by atoms with Crippen molar-refractivity contribution in [3.8, 4) is 11.5 Å². The summed E-state index contributed by atoms with van der Waals surface area (Å²) in [5, 5.41) is 3.09. The van der Waals surface area contributed by atoms with E-state index in [-0.39, 0.29) is 10.8 Å². The Kier molecular flexibility index (Phi) is 7.28. The van der Waals surface area contributed by atoms with Gasteiger partial charge in [-0.15, -0.1) is 0 Å². The molecule has 1 atom stereocenters. The maximum atomic E-state index is 11.1. The van der Waals surface area contributed by atoms with Crippen molar-refractivity contribution in [1.29, 1.82) is 0 Å². The predicted molar refractivity (Wildman–Crippen MR) is 76.1 cm³/mol. The Morgan fingerprint density at radius 2 is 2.00 bits per heavy atom. The predicted octanol–water partition coefficient (Wildman–Crippen LogP) is 1.60. The quantitative estimate of drug-likeness (QED) is 0.445. The highest BCUT2D eigenvalue weighted by Crippen LogP contribution is 2.25. The van der Waals surface area contributed by atoms with Crippen LogP contribution in [0.15, 0.2) is 24.3 Å². The molecule has 1 rings (SSSR count). The van der Waals surface area contributed by atoms with E-state index < -0.39 is 0 Å². The van der Waals surface area contributed by atoms with Crippen LogP contribution in [0.1, 0.15) is 0 Å². The van der Waals surface area contributed by atoms with Gasteiger partial charge in [0.05, 0.1) is 14.2 Å². The van der Waals surface area contributed by atoms with Crippen LogP contribution in [-0.4, -0.2) is 44.7 Å². The molecule has 0 radical (unpaired) electrons. The van der Waals surface area contributed by atoms with Crippen LogP contribution in [0.5, 0.6) is 11.5 Å². The van der Waals surface area contributed by atoms with Gasteiger partial charge in [0.25, 0.3) is 0 Å². The molecule has 0 aliphatic carbocycles. The number of nitrogens with one attached hydrogen (secondary N) is 1. The molecule has 1 unspecified atom stereocenters. The minimum atomic E-state index is -0.344. The molecular formula is C13H18BrNO4. The molecule has 0 heterocycles. The largest absolute Gasteiger partial charge is 0.493 e. The first-order chi connectivity index (χ1) is 9.19. The van der Waals surface area contributed by atoms with Crippen molar-refractivity contribution in [2.45, 2.75) is 4.83 Å². The average molecular weight is 332 g/mol. The van der Waals surface area contributed by atoms with E-state index >= 15 is 0 Å². The highest BCUT2D eigenvalue weighted by atomic mass is 79.9. The molecule has 1 aromatic carbocycles. The Bertz CT molecular complexity index is 400. The van der Waals surface area contributed by atoms with Gasteiger partial charge in [0.15, 0.2) is 11.5 Å². The van der Waals surface area contributed by atoms with Gasteiger partial charge in [-0.25, -0.2) is 0 Å². The van der Waals surface area contributed by atoms with Crippen LogP contribution in [0.2, 0.25) is 0 Å². The third-order valence-corrected chi connectivity index (χ3v) is 3.08. The van der Waals surface area contributed by atoms with Gasteiger partial charge in [-0.1, -0.05) is 28.1 Å². The SMILES string of the molecule is COC(=O)C(Br)CNCCOc1ccccc1OC. The number of halogens is 1. The van der Waals surface area contributed by atoms with E-state index in [0.29, 0.717) is 31.2 Å². The fourth-order valence-corrected chi connectivity index (χ4v) is 1.83. The number of benzene rings is 1. The first-order valence-corrected chi connectivity index (χ1v) is 6.79. The minimum Gasteiger partial charge on any atom is -0.493 e. The summed E-state index contributed by atoms with van der Waals surface area (Å²) in [6, 6.07) is 7.46. The Balaban J connectivity index is 2.22. The summed E-state index contributed by atoms with van der Waals surface area (Å²) in [5.41, 5.74) is 0. The maximum absolute atomic E-state index is 11.1. The van der Waals surface area contributed by atoms with Crippen molar-refractivity contribution in [2.24, 2.45) is 0 Å². The minimum absolute atomic E-state index is 0.293. The summed E-state index contributed by atoms with van der Waals surface area (Å²) in [7, 11) is 2.97. The summed E-state index contributed by atoms with van der Waals surface area (Å²) >= 11 is 3.23. The smallest absolute Gasteiger partial charge is 0.320 e. The molecule has 1 N–H and O–H groups in total. The molecule has 19 heavy (non-hydrogen) atoms. The zero-order valence-electron chi connectivity index (χ0n) is 11.0. The van der Waals surface area contributed by atoms with Crippen molar-refractivity contribution in [3.05, 3.63) is 24.3 Å². The van der Waals surface area contributed by atoms with Crippen LogP contribution < -0.4 is 14.8 Å². The van der Waals surface area contributed by atoms with Crippen molar-refractivity contribution >= 4 is 21.9 Å². The Morgan fingerprint density at radius 1 is 1.32 bits per heavy atom. The normalized spacial score (nSPS) is 11.7. The molecule has 0 aromatic heterocycles. The molecule has 0 spiro atoms. The van der Waals surface area contributed by atoms with Crippen LogP contribution in [0.4, 0.5) is 0 Å². The number of para-hydroxylation sites is 2.